The number of hydrogen-bond acceptors (Lipinski definition) is 8. The van der Waals surface area contributed by atoms with Gasteiger partial charge in [0.25, 0.3) is 0 Å². The number of allylic oxidation sites excluding steroid dienone is 2. The molecular formula is C32H22N4O5. The van der Waals surface area contributed by atoms with Crippen molar-refractivity contribution >= 4 is 34.6 Å². The number of para-hydroxylation sites is 1. The Bertz CT molecular complexity index is 1840. The first kappa shape index (κ1) is 24.6. The molecule has 0 saturated carbocycles. The minimum atomic E-state index is -0.527. The first-order valence-corrected chi connectivity index (χ1v) is 13.2. The zero-order chi connectivity index (χ0) is 28.1. The first-order chi connectivity index (χ1) is 20.0. The van der Waals surface area contributed by atoms with E-state index in [0.29, 0.717) is 52.2 Å². The average molecular weight is 543 g/mol. The Morgan fingerprint density at radius 2 is 1.44 bits per heavy atom. The number of fused-ring (bicyclic) bond motifs is 3. The van der Waals surface area contributed by atoms with Crippen molar-refractivity contribution < 1.29 is 23.9 Å². The van der Waals surface area contributed by atoms with E-state index in [-0.39, 0.29) is 23.8 Å². The van der Waals surface area contributed by atoms with Crippen molar-refractivity contribution in [1.82, 2.24) is 15.0 Å². The molecule has 3 aliphatic rings. The molecule has 0 N–H and O–H groups in total. The second kappa shape index (κ2) is 9.63. The van der Waals surface area contributed by atoms with Crippen LogP contribution in [0.25, 0.3) is 5.76 Å². The lowest BCUT2D eigenvalue weighted by atomic mass is 9.88. The monoisotopic (exact) mass is 542 g/mol. The Morgan fingerprint density at radius 1 is 0.780 bits per heavy atom. The number of nitrogens with zero attached hydrogens (tertiary/aromatic N) is 4. The molecule has 9 nitrogen and oxygen atoms in total. The Hall–Kier alpha value is -5.44. The molecule has 3 aromatic carbocycles. The topological polar surface area (TPSA) is 111 Å². The summed E-state index contributed by atoms with van der Waals surface area (Å²) in [6.07, 6.45) is 3.02. The van der Waals surface area contributed by atoms with E-state index in [9.17, 15) is 19.2 Å². The van der Waals surface area contributed by atoms with Crippen molar-refractivity contribution in [2.75, 3.05) is 4.90 Å². The van der Waals surface area contributed by atoms with Crippen LogP contribution in [0.4, 0.5) is 5.69 Å². The molecule has 0 amide bonds. The van der Waals surface area contributed by atoms with E-state index in [1.165, 1.54) is 6.08 Å². The highest BCUT2D eigenvalue weighted by molar-refractivity contribution is 6.52. The van der Waals surface area contributed by atoms with Gasteiger partial charge in [-0.2, -0.15) is 0 Å². The van der Waals surface area contributed by atoms with Crippen LogP contribution in [0.15, 0.2) is 102 Å². The molecule has 9 heteroatoms. The second-order valence-corrected chi connectivity index (χ2v) is 10.1. The third-order valence-corrected chi connectivity index (χ3v) is 7.48. The number of aromatic nitrogens is 3. The summed E-state index contributed by atoms with van der Waals surface area (Å²) in [6.45, 7) is 0.500. The van der Waals surface area contributed by atoms with Crippen LogP contribution in [0.5, 0.6) is 0 Å². The zero-order valence-corrected chi connectivity index (χ0v) is 21.7. The van der Waals surface area contributed by atoms with E-state index < -0.39 is 17.7 Å². The van der Waals surface area contributed by atoms with E-state index >= 15 is 0 Å². The van der Waals surface area contributed by atoms with Gasteiger partial charge < -0.3 is 9.64 Å². The molecule has 0 spiro atoms. The number of rotatable bonds is 6. The predicted octanol–water partition coefficient (Wildman–Crippen LogP) is 4.21. The van der Waals surface area contributed by atoms with E-state index in [1.54, 1.807) is 58.2 Å². The van der Waals surface area contributed by atoms with Crippen LogP contribution in [0.2, 0.25) is 0 Å². The number of ether oxygens (including phenoxy) is 1. The highest BCUT2D eigenvalue weighted by atomic mass is 16.5. The maximum Gasteiger partial charge on any atom is 0.234 e. The van der Waals surface area contributed by atoms with Gasteiger partial charge >= 0.3 is 0 Å². The molecule has 7 rings (SSSR count). The summed E-state index contributed by atoms with van der Waals surface area (Å²) < 4.78 is 7.77. The van der Waals surface area contributed by atoms with Crippen LogP contribution in [0.1, 0.15) is 48.8 Å². The largest absolute Gasteiger partial charge is 0.487 e. The lowest BCUT2D eigenvalue weighted by Gasteiger charge is -2.28. The summed E-state index contributed by atoms with van der Waals surface area (Å²) in [5.41, 5.74) is 3.68. The maximum atomic E-state index is 13.5. The van der Waals surface area contributed by atoms with Gasteiger partial charge in [0.05, 0.1) is 30.6 Å². The molecule has 0 radical (unpaired) electrons. The van der Waals surface area contributed by atoms with Gasteiger partial charge in [-0.05, 0) is 12.1 Å². The molecule has 2 heterocycles. The first-order valence-electron chi connectivity index (χ1n) is 13.2. The summed E-state index contributed by atoms with van der Waals surface area (Å²) in [6, 6.07) is 23.1. The summed E-state index contributed by atoms with van der Waals surface area (Å²) in [4.78, 5) is 53.4. The highest BCUT2D eigenvalue weighted by Gasteiger charge is 2.40. The molecule has 1 aliphatic heterocycles. The van der Waals surface area contributed by atoms with Crippen molar-refractivity contribution in [2.24, 2.45) is 0 Å². The van der Waals surface area contributed by atoms with E-state index in [2.05, 4.69) is 10.3 Å². The van der Waals surface area contributed by atoms with Gasteiger partial charge in [0, 0.05) is 40.4 Å². The Labute approximate surface area is 234 Å². The molecule has 1 aromatic heterocycles. The summed E-state index contributed by atoms with van der Waals surface area (Å²) in [5, 5.41) is 8.57. The maximum absolute atomic E-state index is 13.5. The quantitative estimate of drug-likeness (QED) is 0.333. The number of ketones is 4. The highest BCUT2D eigenvalue weighted by Crippen LogP contribution is 2.39. The van der Waals surface area contributed by atoms with Crippen molar-refractivity contribution in [3.05, 3.63) is 130 Å². The number of anilines is 1. The summed E-state index contributed by atoms with van der Waals surface area (Å²) in [7, 11) is 0. The normalized spacial score (nSPS) is 17.6. The molecule has 41 heavy (non-hydrogen) atoms. The third-order valence-electron chi connectivity index (χ3n) is 7.48. The third kappa shape index (κ3) is 4.19. The molecule has 0 saturated heterocycles. The fourth-order valence-electron chi connectivity index (χ4n) is 5.56. The van der Waals surface area contributed by atoms with Gasteiger partial charge in [-0.25, -0.2) is 4.68 Å². The lowest BCUT2D eigenvalue weighted by molar-refractivity contribution is -0.112. The van der Waals surface area contributed by atoms with Crippen molar-refractivity contribution in [2.45, 2.75) is 25.6 Å². The van der Waals surface area contributed by atoms with E-state index in [0.717, 1.165) is 5.69 Å². The molecule has 2 aliphatic carbocycles. The van der Waals surface area contributed by atoms with Gasteiger partial charge in [0.2, 0.25) is 17.3 Å². The minimum absolute atomic E-state index is 0.192. The van der Waals surface area contributed by atoms with Gasteiger partial charge in [0.15, 0.2) is 5.78 Å². The van der Waals surface area contributed by atoms with Crippen LogP contribution in [0.3, 0.4) is 0 Å². The van der Waals surface area contributed by atoms with Crippen molar-refractivity contribution in [1.29, 1.82) is 0 Å². The summed E-state index contributed by atoms with van der Waals surface area (Å²) in [5.74, 6) is -1.06. The minimum Gasteiger partial charge on any atom is -0.487 e. The number of carbonyl (C=O) groups is 4. The van der Waals surface area contributed by atoms with Crippen LogP contribution in [-0.2, 0) is 22.6 Å². The molecule has 4 aromatic rings. The smallest absolute Gasteiger partial charge is 0.234 e. The standard InChI is InChI=1S/C32H22N4O5/c37-28-15-27(29(38)23-11-5-4-10-22(23)28)36(20-8-2-1-3-9-20)17-19-16-35(34-33-19)18-21-14-26-31(40)30(39)24-12-6-7-13-25(24)32(26)41-21/h1-13,15-16,21H,14,17-18H2. The predicted molar refractivity (Wildman–Crippen MR) is 148 cm³/mol. The molecule has 0 fully saturated rings. The Balaban J connectivity index is 1.13. The van der Waals surface area contributed by atoms with Gasteiger partial charge in [0.1, 0.15) is 17.6 Å². The summed E-state index contributed by atoms with van der Waals surface area (Å²) >= 11 is 0. The molecule has 1 atom stereocenters. The molecular weight excluding hydrogens is 520 g/mol. The van der Waals surface area contributed by atoms with Gasteiger partial charge in [-0.3, -0.25) is 19.2 Å². The van der Waals surface area contributed by atoms with E-state index in [4.69, 9.17) is 4.74 Å². The SMILES string of the molecule is O=C1C(=O)c2ccccc2C2=C1CC(Cn1cc(CN(C3=CC(=O)c4ccccc4C3=O)c3ccccc3)nn1)O2. The number of hydrogen-bond donors (Lipinski definition) is 0. The number of carbonyl (C=O) groups excluding carboxylic acids is 4. The fourth-order valence-corrected chi connectivity index (χ4v) is 5.56. The lowest BCUT2D eigenvalue weighted by Crippen LogP contribution is -2.31. The number of Topliss-reactive ketones (excluding diaryl/α,β-unsaturated/α-hetero) is 3. The van der Waals surface area contributed by atoms with Crippen LogP contribution < -0.4 is 4.90 Å². The van der Waals surface area contributed by atoms with E-state index in [1.807, 2.05) is 36.4 Å². The zero-order valence-electron chi connectivity index (χ0n) is 21.7. The number of benzene rings is 3. The van der Waals surface area contributed by atoms with Crippen LogP contribution >= 0.6 is 0 Å². The molecule has 1 unspecified atom stereocenters. The Kier molecular flexibility index (Phi) is 5.78. The van der Waals surface area contributed by atoms with Crippen molar-refractivity contribution in [3.8, 4) is 0 Å². The Morgan fingerprint density at radius 3 is 2.20 bits per heavy atom. The van der Waals surface area contributed by atoms with Crippen LogP contribution in [-0.4, -0.2) is 44.2 Å². The second-order valence-electron chi connectivity index (χ2n) is 10.1. The van der Waals surface area contributed by atoms with Crippen LogP contribution in [0, 0.1) is 0 Å². The van der Waals surface area contributed by atoms with Gasteiger partial charge in [-0.15, -0.1) is 5.10 Å². The molecule has 200 valence electrons. The fraction of sp³-hybridized carbons (Fsp3) is 0.125. The van der Waals surface area contributed by atoms with Gasteiger partial charge in [-0.1, -0.05) is 71.9 Å². The molecule has 0 bridgehead atoms. The van der Waals surface area contributed by atoms with Crippen molar-refractivity contribution in [3.63, 3.8) is 0 Å². The average Bonchev–Trinajstić information content (AvgIpc) is 3.64.